The summed E-state index contributed by atoms with van der Waals surface area (Å²) in [6.07, 6.45) is 3.51. The van der Waals surface area contributed by atoms with Gasteiger partial charge in [-0.2, -0.15) is 0 Å². The molecule has 0 fully saturated rings. The van der Waals surface area contributed by atoms with Crippen LogP contribution in [0.5, 0.6) is 0 Å². The molecule has 2 aromatic carbocycles. The lowest BCUT2D eigenvalue weighted by molar-refractivity contribution is -0.118. The molecule has 1 aliphatic heterocycles. The van der Waals surface area contributed by atoms with E-state index in [0.29, 0.717) is 12.1 Å². The molecule has 2 aromatic rings. The van der Waals surface area contributed by atoms with E-state index in [4.69, 9.17) is 0 Å². The summed E-state index contributed by atoms with van der Waals surface area (Å²) in [4.78, 5) is 14.5. The van der Waals surface area contributed by atoms with E-state index < -0.39 is 15.9 Å². The Labute approximate surface area is 162 Å². The molecule has 26 heavy (non-hydrogen) atoms. The monoisotopic (exact) mass is 433 g/mol. The van der Waals surface area contributed by atoms with Crippen LogP contribution in [0.3, 0.4) is 0 Å². The Bertz CT molecular complexity index is 892. The van der Waals surface area contributed by atoms with Crippen LogP contribution in [0.25, 0.3) is 0 Å². The SMILES string of the molecule is O=C(CCCc1ccccc1)N(c1ccc(Br)cc1)C1C=CS(=O)(=O)C1. The number of rotatable bonds is 6. The number of nitrogens with zero attached hydrogens (tertiary/aromatic N) is 1. The van der Waals surface area contributed by atoms with Gasteiger partial charge in [0, 0.05) is 22.0 Å². The summed E-state index contributed by atoms with van der Waals surface area (Å²) < 4.78 is 24.6. The normalized spacial score (nSPS) is 18.0. The third-order valence-electron chi connectivity index (χ3n) is 4.32. The third kappa shape index (κ3) is 4.83. The van der Waals surface area contributed by atoms with Crippen LogP contribution in [0.2, 0.25) is 0 Å². The highest BCUT2D eigenvalue weighted by molar-refractivity contribution is 9.10. The second-order valence-corrected chi connectivity index (χ2v) is 9.15. The van der Waals surface area contributed by atoms with Crippen LogP contribution in [0.1, 0.15) is 18.4 Å². The molecule has 1 aliphatic rings. The van der Waals surface area contributed by atoms with Gasteiger partial charge in [-0.3, -0.25) is 4.79 Å². The maximum atomic E-state index is 12.9. The molecule has 1 atom stereocenters. The second kappa shape index (κ2) is 8.18. The summed E-state index contributed by atoms with van der Waals surface area (Å²) in [5.74, 6) is -0.122. The molecular formula is C20H20BrNO3S. The van der Waals surface area contributed by atoms with Gasteiger partial charge in [-0.05, 0) is 48.7 Å². The van der Waals surface area contributed by atoms with Crippen molar-refractivity contribution in [2.45, 2.75) is 25.3 Å². The van der Waals surface area contributed by atoms with Gasteiger partial charge in [0.15, 0.2) is 9.84 Å². The highest BCUT2D eigenvalue weighted by Gasteiger charge is 2.31. The smallest absolute Gasteiger partial charge is 0.227 e. The van der Waals surface area contributed by atoms with E-state index in [-0.39, 0.29) is 11.7 Å². The molecule has 0 spiro atoms. The summed E-state index contributed by atoms with van der Waals surface area (Å²) in [5, 5.41) is 1.21. The Kier molecular flexibility index (Phi) is 5.94. The van der Waals surface area contributed by atoms with Crippen LogP contribution in [0.4, 0.5) is 5.69 Å². The van der Waals surface area contributed by atoms with Gasteiger partial charge in [-0.15, -0.1) is 0 Å². The Balaban J connectivity index is 1.73. The molecular weight excluding hydrogens is 414 g/mol. The molecule has 0 bridgehead atoms. The Morgan fingerprint density at radius 2 is 1.77 bits per heavy atom. The fourth-order valence-corrected chi connectivity index (χ4v) is 4.58. The molecule has 6 heteroatoms. The van der Waals surface area contributed by atoms with E-state index in [1.165, 1.54) is 11.0 Å². The molecule has 0 aromatic heterocycles. The van der Waals surface area contributed by atoms with Gasteiger partial charge in [0.1, 0.15) is 0 Å². The van der Waals surface area contributed by atoms with E-state index in [0.717, 1.165) is 17.3 Å². The zero-order chi connectivity index (χ0) is 18.6. The van der Waals surface area contributed by atoms with Crippen LogP contribution in [0, 0.1) is 0 Å². The number of anilines is 1. The van der Waals surface area contributed by atoms with Gasteiger partial charge in [0.25, 0.3) is 0 Å². The van der Waals surface area contributed by atoms with Crippen molar-refractivity contribution in [1.29, 1.82) is 0 Å². The fourth-order valence-electron chi connectivity index (χ4n) is 3.05. The molecule has 0 saturated carbocycles. The van der Waals surface area contributed by atoms with Crippen LogP contribution in [-0.4, -0.2) is 26.1 Å². The van der Waals surface area contributed by atoms with E-state index >= 15 is 0 Å². The van der Waals surface area contributed by atoms with Gasteiger partial charge in [-0.1, -0.05) is 46.3 Å². The lowest BCUT2D eigenvalue weighted by Crippen LogP contribution is -2.41. The quantitative estimate of drug-likeness (QED) is 0.688. The number of amides is 1. The number of hydrogen-bond donors (Lipinski definition) is 0. The van der Waals surface area contributed by atoms with Crippen LogP contribution < -0.4 is 4.90 Å². The van der Waals surface area contributed by atoms with Crippen molar-refractivity contribution >= 4 is 37.4 Å². The molecule has 0 N–H and O–H groups in total. The molecule has 3 rings (SSSR count). The van der Waals surface area contributed by atoms with Crippen molar-refractivity contribution < 1.29 is 13.2 Å². The number of carbonyl (C=O) groups is 1. The number of aryl methyl sites for hydroxylation is 1. The van der Waals surface area contributed by atoms with Gasteiger partial charge in [0.2, 0.25) is 5.91 Å². The van der Waals surface area contributed by atoms with E-state index in [9.17, 15) is 13.2 Å². The van der Waals surface area contributed by atoms with Crippen LogP contribution >= 0.6 is 15.9 Å². The summed E-state index contributed by atoms with van der Waals surface area (Å²) in [6.45, 7) is 0. The highest BCUT2D eigenvalue weighted by atomic mass is 79.9. The maximum absolute atomic E-state index is 12.9. The summed E-state index contributed by atoms with van der Waals surface area (Å²) in [5.41, 5.74) is 1.91. The molecule has 0 radical (unpaired) electrons. The van der Waals surface area contributed by atoms with Crippen LogP contribution in [0.15, 0.2) is 70.6 Å². The van der Waals surface area contributed by atoms with E-state index in [2.05, 4.69) is 15.9 Å². The first-order valence-corrected chi connectivity index (χ1v) is 11.0. The maximum Gasteiger partial charge on any atom is 0.227 e. The predicted molar refractivity (Wildman–Crippen MR) is 108 cm³/mol. The summed E-state index contributed by atoms with van der Waals surface area (Å²) >= 11 is 3.39. The number of hydrogen-bond acceptors (Lipinski definition) is 3. The minimum atomic E-state index is -3.24. The predicted octanol–water partition coefficient (Wildman–Crippen LogP) is 4.12. The zero-order valence-electron chi connectivity index (χ0n) is 14.2. The zero-order valence-corrected chi connectivity index (χ0v) is 16.6. The summed E-state index contributed by atoms with van der Waals surface area (Å²) in [7, 11) is -3.24. The van der Waals surface area contributed by atoms with Gasteiger partial charge < -0.3 is 4.90 Å². The van der Waals surface area contributed by atoms with Crippen molar-refractivity contribution in [3.8, 4) is 0 Å². The van der Waals surface area contributed by atoms with Gasteiger partial charge in [0.05, 0.1) is 11.8 Å². The molecule has 1 heterocycles. The molecule has 1 unspecified atom stereocenters. The lowest BCUT2D eigenvalue weighted by atomic mass is 10.1. The fraction of sp³-hybridized carbons (Fsp3) is 0.250. The first-order valence-electron chi connectivity index (χ1n) is 8.47. The largest absolute Gasteiger partial charge is 0.304 e. The average molecular weight is 434 g/mol. The topological polar surface area (TPSA) is 54.5 Å². The number of benzene rings is 2. The minimum absolute atomic E-state index is 0.0602. The average Bonchev–Trinajstić information content (AvgIpc) is 2.97. The van der Waals surface area contributed by atoms with Crippen molar-refractivity contribution in [1.82, 2.24) is 0 Å². The number of halogens is 1. The van der Waals surface area contributed by atoms with Crippen LogP contribution in [-0.2, 0) is 21.1 Å². The van der Waals surface area contributed by atoms with Gasteiger partial charge >= 0.3 is 0 Å². The molecule has 4 nitrogen and oxygen atoms in total. The standard InChI is InChI=1S/C20H20BrNO3S/c21-17-9-11-18(12-10-17)22(19-13-14-26(24,25)15-19)20(23)8-4-7-16-5-2-1-3-6-16/h1-3,5-6,9-14,19H,4,7-8,15H2. The number of sulfone groups is 1. The van der Waals surface area contributed by atoms with Crippen molar-refractivity contribution in [2.24, 2.45) is 0 Å². The molecule has 136 valence electrons. The molecule has 1 amide bonds. The van der Waals surface area contributed by atoms with E-state index in [1.54, 1.807) is 11.0 Å². The summed E-state index contributed by atoms with van der Waals surface area (Å²) in [6, 6.07) is 16.9. The second-order valence-electron chi connectivity index (χ2n) is 6.30. The van der Waals surface area contributed by atoms with Crippen molar-refractivity contribution in [3.63, 3.8) is 0 Å². The highest BCUT2D eigenvalue weighted by Crippen LogP contribution is 2.25. The minimum Gasteiger partial charge on any atom is -0.304 e. The first-order chi connectivity index (χ1) is 12.4. The molecule has 0 aliphatic carbocycles. The lowest BCUT2D eigenvalue weighted by Gasteiger charge is -2.28. The Morgan fingerprint density at radius 1 is 1.08 bits per heavy atom. The number of carbonyl (C=O) groups excluding carboxylic acids is 1. The Hall–Kier alpha value is -1.92. The van der Waals surface area contributed by atoms with Crippen molar-refractivity contribution in [2.75, 3.05) is 10.7 Å². The van der Waals surface area contributed by atoms with Crippen molar-refractivity contribution in [3.05, 3.63) is 76.1 Å². The van der Waals surface area contributed by atoms with Gasteiger partial charge in [-0.25, -0.2) is 8.42 Å². The van der Waals surface area contributed by atoms with E-state index in [1.807, 2.05) is 54.6 Å². The first kappa shape index (κ1) is 18.9. The molecule has 0 saturated heterocycles. The third-order valence-corrected chi connectivity index (χ3v) is 6.22. The Morgan fingerprint density at radius 3 is 2.38 bits per heavy atom.